The summed E-state index contributed by atoms with van der Waals surface area (Å²) in [6, 6.07) is 19.3. The zero-order valence-corrected chi connectivity index (χ0v) is 17.3. The lowest BCUT2D eigenvalue weighted by atomic mass is 10.0. The first-order valence-corrected chi connectivity index (χ1v) is 10.4. The van der Waals surface area contributed by atoms with Crippen molar-refractivity contribution in [2.75, 3.05) is 6.54 Å². The third-order valence-corrected chi connectivity index (χ3v) is 5.86. The first kappa shape index (κ1) is 19.6. The number of rotatable bonds is 5. The molecule has 3 aromatic carbocycles. The van der Waals surface area contributed by atoms with E-state index < -0.39 is 0 Å². The van der Waals surface area contributed by atoms with Gasteiger partial charge in [-0.3, -0.25) is 14.5 Å². The quantitative estimate of drug-likeness (QED) is 0.463. The van der Waals surface area contributed by atoms with Crippen LogP contribution in [-0.4, -0.2) is 22.6 Å². The van der Waals surface area contributed by atoms with Crippen LogP contribution in [0.1, 0.15) is 18.1 Å². The summed E-state index contributed by atoms with van der Waals surface area (Å²) in [4.78, 5) is 26.3. The molecule has 0 saturated carbocycles. The van der Waals surface area contributed by atoms with Crippen LogP contribution in [0.15, 0.2) is 65.6 Å². The van der Waals surface area contributed by atoms with E-state index in [2.05, 4.69) is 0 Å². The van der Waals surface area contributed by atoms with E-state index in [1.54, 1.807) is 13.0 Å². The second kappa shape index (κ2) is 8.31. The van der Waals surface area contributed by atoms with Crippen molar-refractivity contribution < 1.29 is 14.3 Å². The number of likely N-dealkylation sites (N-methyl/N-ethyl adjacent to an activating group) is 1. The summed E-state index contributed by atoms with van der Waals surface area (Å²) >= 11 is 6.91. The van der Waals surface area contributed by atoms with Gasteiger partial charge in [0.25, 0.3) is 11.1 Å². The maximum Gasteiger partial charge on any atom is 0.293 e. The Balaban J connectivity index is 1.73. The topological polar surface area (TPSA) is 46.6 Å². The van der Waals surface area contributed by atoms with Crippen molar-refractivity contribution >= 4 is 51.4 Å². The summed E-state index contributed by atoms with van der Waals surface area (Å²) in [5.74, 6) is 0.390. The Labute approximate surface area is 178 Å². The van der Waals surface area contributed by atoms with Gasteiger partial charge >= 0.3 is 0 Å². The fourth-order valence-corrected chi connectivity index (χ4v) is 4.21. The van der Waals surface area contributed by atoms with Crippen LogP contribution in [0.2, 0.25) is 5.02 Å². The van der Waals surface area contributed by atoms with E-state index >= 15 is 0 Å². The lowest BCUT2D eigenvalue weighted by Crippen LogP contribution is -2.27. The van der Waals surface area contributed by atoms with Crippen molar-refractivity contribution in [3.05, 3.63) is 81.7 Å². The SMILES string of the molecule is CCN1C(=O)S/C(=C/c2c(OCc3ccc(Cl)cc3)ccc3ccccc23)C1=O. The molecule has 1 aliphatic rings. The van der Waals surface area contributed by atoms with Gasteiger partial charge in [0.05, 0.1) is 4.91 Å². The van der Waals surface area contributed by atoms with Gasteiger partial charge in [0.15, 0.2) is 0 Å². The average Bonchev–Trinajstić information content (AvgIpc) is 3.01. The Morgan fingerprint density at radius 1 is 1.03 bits per heavy atom. The lowest BCUT2D eigenvalue weighted by molar-refractivity contribution is -0.122. The molecule has 1 aliphatic heterocycles. The van der Waals surface area contributed by atoms with Crippen molar-refractivity contribution in [3.63, 3.8) is 0 Å². The molecule has 29 heavy (non-hydrogen) atoms. The van der Waals surface area contributed by atoms with Crippen LogP contribution in [0.3, 0.4) is 0 Å². The predicted octanol–water partition coefficient (Wildman–Crippen LogP) is 6.13. The van der Waals surface area contributed by atoms with E-state index in [1.807, 2.05) is 60.7 Å². The zero-order valence-electron chi connectivity index (χ0n) is 15.7. The molecule has 0 radical (unpaired) electrons. The van der Waals surface area contributed by atoms with Gasteiger partial charge in [0.2, 0.25) is 0 Å². The number of amides is 2. The molecule has 1 heterocycles. The van der Waals surface area contributed by atoms with Gasteiger partial charge in [-0.25, -0.2) is 0 Å². The minimum atomic E-state index is -0.265. The molecule has 3 aromatic rings. The second-order valence-corrected chi connectivity index (χ2v) is 7.97. The number of ether oxygens (including phenoxy) is 1. The first-order valence-electron chi connectivity index (χ1n) is 9.21. The van der Waals surface area contributed by atoms with Gasteiger partial charge in [0, 0.05) is 17.1 Å². The molecule has 0 N–H and O–H groups in total. The minimum absolute atomic E-state index is 0.243. The molecular formula is C23H18ClNO3S. The van der Waals surface area contributed by atoms with E-state index in [1.165, 1.54) is 4.90 Å². The molecule has 0 atom stereocenters. The number of hydrogen-bond acceptors (Lipinski definition) is 4. The van der Waals surface area contributed by atoms with E-state index in [9.17, 15) is 9.59 Å². The molecule has 0 spiro atoms. The van der Waals surface area contributed by atoms with Crippen LogP contribution in [-0.2, 0) is 11.4 Å². The van der Waals surface area contributed by atoms with Crippen molar-refractivity contribution in [2.24, 2.45) is 0 Å². The van der Waals surface area contributed by atoms with Crippen molar-refractivity contribution in [2.45, 2.75) is 13.5 Å². The molecule has 0 aromatic heterocycles. The van der Waals surface area contributed by atoms with Gasteiger partial charge < -0.3 is 4.74 Å². The highest BCUT2D eigenvalue weighted by molar-refractivity contribution is 8.18. The monoisotopic (exact) mass is 423 g/mol. The Morgan fingerprint density at radius 3 is 2.52 bits per heavy atom. The Morgan fingerprint density at radius 2 is 1.79 bits per heavy atom. The molecule has 1 fully saturated rings. The summed E-state index contributed by atoms with van der Waals surface area (Å²) in [5, 5.41) is 2.43. The third kappa shape index (κ3) is 4.02. The third-order valence-electron chi connectivity index (χ3n) is 4.70. The van der Waals surface area contributed by atoms with Crippen LogP contribution in [0.4, 0.5) is 4.79 Å². The van der Waals surface area contributed by atoms with Gasteiger partial charge in [-0.2, -0.15) is 0 Å². The highest BCUT2D eigenvalue weighted by Crippen LogP contribution is 2.37. The van der Waals surface area contributed by atoms with Crippen LogP contribution in [0, 0.1) is 0 Å². The highest BCUT2D eigenvalue weighted by atomic mass is 35.5. The Hall–Kier alpha value is -2.76. The fraction of sp³-hybridized carbons (Fsp3) is 0.130. The minimum Gasteiger partial charge on any atom is -0.488 e. The van der Waals surface area contributed by atoms with Gasteiger partial charge in [-0.05, 0) is 59.3 Å². The Bertz CT molecular complexity index is 1120. The summed E-state index contributed by atoms with van der Waals surface area (Å²) < 4.78 is 6.09. The zero-order chi connectivity index (χ0) is 20.4. The second-order valence-electron chi connectivity index (χ2n) is 6.54. The highest BCUT2D eigenvalue weighted by Gasteiger charge is 2.34. The normalized spacial score (nSPS) is 15.5. The maximum atomic E-state index is 12.6. The van der Waals surface area contributed by atoms with Crippen molar-refractivity contribution in [1.82, 2.24) is 4.90 Å². The molecule has 6 heteroatoms. The molecule has 0 aliphatic carbocycles. The standard InChI is InChI=1S/C23H18ClNO3S/c1-2-25-22(26)21(29-23(25)27)13-19-18-6-4-3-5-16(18)9-12-20(19)28-14-15-7-10-17(24)11-8-15/h3-13H,2,14H2,1H3/b21-13+. The number of carbonyl (C=O) groups is 2. The number of carbonyl (C=O) groups excluding carboxylic acids is 2. The van der Waals surface area contributed by atoms with Gasteiger partial charge in [-0.1, -0.05) is 54.1 Å². The van der Waals surface area contributed by atoms with E-state index in [4.69, 9.17) is 16.3 Å². The smallest absolute Gasteiger partial charge is 0.293 e. The number of nitrogens with zero attached hydrogens (tertiary/aromatic N) is 1. The molecule has 0 bridgehead atoms. The number of imide groups is 1. The fourth-order valence-electron chi connectivity index (χ4n) is 3.20. The summed E-state index contributed by atoms with van der Waals surface area (Å²) in [7, 11) is 0. The van der Waals surface area contributed by atoms with Crippen molar-refractivity contribution in [1.29, 1.82) is 0 Å². The summed E-state index contributed by atoms with van der Waals surface area (Å²) in [5.41, 5.74) is 1.78. The Kier molecular flexibility index (Phi) is 5.60. The average molecular weight is 424 g/mol. The number of thioether (sulfide) groups is 1. The molecule has 4 nitrogen and oxygen atoms in total. The molecule has 2 amide bonds. The first-order chi connectivity index (χ1) is 14.1. The molecule has 146 valence electrons. The van der Waals surface area contributed by atoms with Crippen LogP contribution in [0.5, 0.6) is 5.75 Å². The maximum absolute atomic E-state index is 12.6. The number of fused-ring (bicyclic) bond motifs is 1. The largest absolute Gasteiger partial charge is 0.488 e. The van der Waals surface area contributed by atoms with E-state index in [0.717, 1.165) is 33.7 Å². The van der Waals surface area contributed by atoms with E-state index in [0.29, 0.717) is 28.8 Å². The van der Waals surface area contributed by atoms with Gasteiger partial charge in [-0.15, -0.1) is 0 Å². The summed E-state index contributed by atoms with van der Waals surface area (Å²) in [6.07, 6.45) is 1.76. The van der Waals surface area contributed by atoms with E-state index in [-0.39, 0.29) is 11.1 Å². The van der Waals surface area contributed by atoms with Crippen LogP contribution in [0.25, 0.3) is 16.8 Å². The van der Waals surface area contributed by atoms with Gasteiger partial charge in [0.1, 0.15) is 12.4 Å². The molecule has 1 saturated heterocycles. The lowest BCUT2D eigenvalue weighted by Gasteiger charge is -2.13. The number of benzene rings is 3. The number of hydrogen-bond donors (Lipinski definition) is 0. The van der Waals surface area contributed by atoms with Crippen LogP contribution < -0.4 is 4.74 Å². The van der Waals surface area contributed by atoms with Crippen LogP contribution >= 0.6 is 23.4 Å². The predicted molar refractivity (Wildman–Crippen MR) is 118 cm³/mol. The number of halogens is 1. The molecular weight excluding hydrogens is 406 g/mol. The molecule has 0 unspecified atom stereocenters. The summed E-state index contributed by atoms with van der Waals surface area (Å²) in [6.45, 7) is 2.52. The van der Waals surface area contributed by atoms with Crippen molar-refractivity contribution in [3.8, 4) is 5.75 Å². The molecule has 4 rings (SSSR count).